The lowest BCUT2D eigenvalue weighted by Crippen LogP contribution is -2.06. The van der Waals surface area contributed by atoms with Crippen LogP contribution in [0.2, 0.25) is 10.0 Å². The van der Waals surface area contributed by atoms with Crippen LogP contribution in [0.1, 0.15) is 11.1 Å². The topological polar surface area (TPSA) is 46.5 Å². The highest BCUT2D eigenvalue weighted by molar-refractivity contribution is 7.90. The first-order chi connectivity index (χ1) is 9.96. The molecule has 0 saturated heterocycles. The quantitative estimate of drug-likeness (QED) is 0.772. The molecule has 2 aromatic carbocycles. The van der Waals surface area contributed by atoms with E-state index in [1.54, 1.807) is 18.2 Å². The maximum Gasteiger partial charge on any atom is 0.253 e. The summed E-state index contributed by atoms with van der Waals surface area (Å²) < 4.78 is 27.4. The molecular weight excluding hydrogens is 329 g/mol. The van der Waals surface area contributed by atoms with Gasteiger partial charge in [-0.25, -0.2) is 8.42 Å². The Bertz CT molecular complexity index is 744. The lowest BCUT2D eigenvalue weighted by molar-refractivity contribution is 0.597. The van der Waals surface area contributed by atoms with Gasteiger partial charge in [-0.1, -0.05) is 59.6 Å². The van der Waals surface area contributed by atoms with Crippen LogP contribution in [-0.4, -0.2) is 20.4 Å². The first-order valence-corrected chi connectivity index (χ1v) is 8.60. The van der Waals surface area contributed by atoms with E-state index >= 15 is 0 Å². The molecule has 0 saturated carbocycles. The van der Waals surface area contributed by atoms with Gasteiger partial charge in [0.25, 0.3) is 10.0 Å². The number of benzene rings is 2. The maximum atomic E-state index is 11.9. The van der Waals surface area contributed by atoms with E-state index in [0.29, 0.717) is 22.0 Å². The van der Waals surface area contributed by atoms with Crippen molar-refractivity contribution in [3.63, 3.8) is 0 Å². The van der Waals surface area contributed by atoms with Gasteiger partial charge in [0.2, 0.25) is 0 Å². The minimum absolute atomic E-state index is 0.0429. The Morgan fingerprint density at radius 2 is 1.76 bits per heavy atom. The van der Waals surface area contributed by atoms with Crippen molar-refractivity contribution in [2.75, 3.05) is 5.75 Å². The van der Waals surface area contributed by atoms with Gasteiger partial charge >= 0.3 is 0 Å². The summed E-state index contributed by atoms with van der Waals surface area (Å²) in [5.41, 5.74) is 1.48. The van der Waals surface area contributed by atoms with Gasteiger partial charge in [-0.05, 0) is 24.1 Å². The molecule has 0 aliphatic rings. The molecule has 0 unspecified atom stereocenters. The second kappa shape index (κ2) is 7.07. The van der Waals surface area contributed by atoms with E-state index in [9.17, 15) is 8.42 Å². The fourth-order valence-corrected chi connectivity index (χ4v) is 3.02. The fraction of sp³-hybridized carbons (Fsp3) is 0.133. The van der Waals surface area contributed by atoms with Crippen molar-refractivity contribution in [2.45, 2.75) is 6.42 Å². The SMILES string of the molecule is O=S(=O)(CCc1ccccc1)/N=C/c1ccc(Cl)cc1Cl. The van der Waals surface area contributed by atoms with E-state index in [2.05, 4.69) is 4.40 Å². The van der Waals surface area contributed by atoms with E-state index in [-0.39, 0.29) is 5.75 Å². The Morgan fingerprint density at radius 3 is 2.43 bits per heavy atom. The second-order valence-electron chi connectivity index (χ2n) is 4.42. The van der Waals surface area contributed by atoms with Crippen LogP contribution < -0.4 is 0 Å². The minimum atomic E-state index is -3.53. The van der Waals surface area contributed by atoms with Crippen LogP contribution >= 0.6 is 23.2 Å². The first kappa shape index (κ1) is 16.0. The van der Waals surface area contributed by atoms with E-state index in [0.717, 1.165) is 5.56 Å². The van der Waals surface area contributed by atoms with Crippen LogP contribution in [0, 0.1) is 0 Å². The smallest absolute Gasteiger partial charge is 0.205 e. The van der Waals surface area contributed by atoms with Gasteiger partial charge in [-0.15, -0.1) is 0 Å². The molecule has 2 rings (SSSR count). The van der Waals surface area contributed by atoms with Crippen LogP contribution in [0.15, 0.2) is 52.9 Å². The Morgan fingerprint density at radius 1 is 1.05 bits per heavy atom. The molecule has 0 bridgehead atoms. The second-order valence-corrected chi connectivity index (χ2v) is 7.05. The highest BCUT2D eigenvalue weighted by atomic mass is 35.5. The number of halogens is 2. The zero-order valence-corrected chi connectivity index (χ0v) is 13.4. The van der Waals surface area contributed by atoms with Crippen molar-refractivity contribution in [3.05, 3.63) is 69.7 Å². The number of hydrogen-bond acceptors (Lipinski definition) is 2. The molecule has 0 amide bonds. The van der Waals surface area contributed by atoms with Crippen LogP contribution in [0.3, 0.4) is 0 Å². The molecule has 110 valence electrons. The highest BCUT2D eigenvalue weighted by Crippen LogP contribution is 2.19. The molecule has 0 aliphatic carbocycles. The summed E-state index contributed by atoms with van der Waals surface area (Å²) in [5.74, 6) is -0.0429. The highest BCUT2D eigenvalue weighted by Gasteiger charge is 2.08. The summed E-state index contributed by atoms with van der Waals surface area (Å²) in [7, 11) is -3.53. The summed E-state index contributed by atoms with van der Waals surface area (Å²) >= 11 is 11.7. The number of hydrogen-bond donors (Lipinski definition) is 0. The van der Waals surface area contributed by atoms with Crippen molar-refractivity contribution in [1.29, 1.82) is 0 Å². The van der Waals surface area contributed by atoms with E-state index in [4.69, 9.17) is 23.2 Å². The predicted molar refractivity (Wildman–Crippen MR) is 88.0 cm³/mol. The first-order valence-electron chi connectivity index (χ1n) is 6.23. The monoisotopic (exact) mass is 341 g/mol. The third-order valence-corrected chi connectivity index (χ3v) is 4.52. The molecule has 0 fully saturated rings. The molecule has 6 heteroatoms. The standard InChI is InChI=1S/C15H13Cl2NO2S/c16-14-7-6-13(15(17)10-14)11-18-21(19,20)9-8-12-4-2-1-3-5-12/h1-7,10-11H,8-9H2/b18-11+. The van der Waals surface area contributed by atoms with Gasteiger partial charge in [0.1, 0.15) is 0 Å². The molecule has 0 N–H and O–H groups in total. The van der Waals surface area contributed by atoms with Crippen molar-refractivity contribution in [3.8, 4) is 0 Å². The molecule has 21 heavy (non-hydrogen) atoms. The van der Waals surface area contributed by atoms with Crippen molar-refractivity contribution in [1.82, 2.24) is 0 Å². The molecule has 0 aromatic heterocycles. The number of nitrogens with zero attached hydrogens (tertiary/aromatic N) is 1. The molecule has 0 aliphatic heterocycles. The van der Waals surface area contributed by atoms with Crippen LogP contribution in [0.25, 0.3) is 0 Å². The zero-order chi connectivity index (χ0) is 15.3. The average Bonchev–Trinajstić information content (AvgIpc) is 2.45. The summed E-state index contributed by atoms with van der Waals surface area (Å²) in [6.45, 7) is 0. The van der Waals surface area contributed by atoms with Crippen molar-refractivity contribution in [2.24, 2.45) is 4.40 Å². The fourth-order valence-electron chi connectivity index (χ4n) is 1.69. The Balaban J connectivity index is 2.05. The molecule has 0 spiro atoms. The Kier molecular flexibility index (Phi) is 5.39. The van der Waals surface area contributed by atoms with Gasteiger partial charge < -0.3 is 0 Å². The van der Waals surface area contributed by atoms with Crippen LogP contribution in [0.5, 0.6) is 0 Å². The van der Waals surface area contributed by atoms with Gasteiger partial charge in [0.05, 0.1) is 10.8 Å². The predicted octanol–water partition coefficient (Wildman–Crippen LogP) is 3.98. The summed E-state index contributed by atoms with van der Waals surface area (Å²) in [6, 6.07) is 14.2. The normalized spacial score (nSPS) is 11.9. The lowest BCUT2D eigenvalue weighted by atomic mass is 10.2. The molecule has 3 nitrogen and oxygen atoms in total. The van der Waals surface area contributed by atoms with Gasteiger partial charge in [0, 0.05) is 16.8 Å². The summed E-state index contributed by atoms with van der Waals surface area (Å²) in [5, 5.41) is 0.855. The molecule has 0 heterocycles. The molecule has 0 atom stereocenters. The maximum absolute atomic E-state index is 11.9. The van der Waals surface area contributed by atoms with Crippen LogP contribution in [0.4, 0.5) is 0 Å². The zero-order valence-electron chi connectivity index (χ0n) is 11.0. The largest absolute Gasteiger partial charge is 0.253 e. The van der Waals surface area contributed by atoms with E-state index in [1.165, 1.54) is 6.21 Å². The van der Waals surface area contributed by atoms with Crippen LogP contribution in [-0.2, 0) is 16.4 Å². The van der Waals surface area contributed by atoms with E-state index in [1.807, 2.05) is 30.3 Å². The number of sulfonamides is 1. The minimum Gasteiger partial charge on any atom is -0.205 e. The van der Waals surface area contributed by atoms with Crippen molar-refractivity contribution < 1.29 is 8.42 Å². The van der Waals surface area contributed by atoms with Gasteiger partial charge in [-0.2, -0.15) is 4.40 Å². The lowest BCUT2D eigenvalue weighted by Gasteiger charge is -2.01. The third kappa shape index (κ3) is 5.16. The molecule has 0 radical (unpaired) electrons. The number of rotatable bonds is 5. The summed E-state index contributed by atoms with van der Waals surface area (Å²) in [4.78, 5) is 0. The number of aryl methyl sites for hydroxylation is 1. The average molecular weight is 342 g/mol. The molecule has 2 aromatic rings. The summed E-state index contributed by atoms with van der Waals surface area (Å²) in [6.07, 6.45) is 1.67. The third-order valence-electron chi connectivity index (χ3n) is 2.81. The Labute approximate surface area is 134 Å². The van der Waals surface area contributed by atoms with Gasteiger partial charge in [0.15, 0.2) is 0 Å². The van der Waals surface area contributed by atoms with Gasteiger partial charge in [-0.3, -0.25) is 0 Å². The van der Waals surface area contributed by atoms with Crippen molar-refractivity contribution >= 4 is 39.4 Å². The molecular formula is C15H13Cl2NO2S. The van der Waals surface area contributed by atoms with E-state index < -0.39 is 10.0 Å². The Hall–Kier alpha value is -1.36.